The molecule has 4 aromatic rings. The number of anilines is 1. The van der Waals surface area contributed by atoms with E-state index in [0.29, 0.717) is 28.2 Å². The Morgan fingerprint density at radius 3 is 2.34 bits per heavy atom. The van der Waals surface area contributed by atoms with Gasteiger partial charge in [-0.05, 0) is 24.3 Å². The minimum absolute atomic E-state index is 0.307. The van der Waals surface area contributed by atoms with E-state index in [1.54, 1.807) is 30.3 Å². The molecule has 0 atom stereocenters. The fourth-order valence-electron chi connectivity index (χ4n) is 3.19. The molecule has 8 heteroatoms. The van der Waals surface area contributed by atoms with Crippen molar-refractivity contribution in [2.24, 2.45) is 0 Å². The van der Waals surface area contributed by atoms with Crippen LogP contribution in [0.2, 0.25) is 0 Å². The lowest BCUT2D eigenvalue weighted by Gasteiger charge is -2.11. The maximum atomic E-state index is 13.7. The van der Waals surface area contributed by atoms with E-state index >= 15 is 0 Å². The fraction of sp³-hybridized carbons (Fsp3) is 0.0417. The van der Waals surface area contributed by atoms with Gasteiger partial charge in [0, 0.05) is 10.9 Å². The summed E-state index contributed by atoms with van der Waals surface area (Å²) >= 11 is 0. The van der Waals surface area contributed by atoms with Crippen LogP contribution < -0.4 is 10.6 Å². The van der Waals surface area contributed by atoms with E-state index in [-0.39, 0.29) is 0 Å². The van der Waals surface area contributed by atoms with Crippen LogP contribution >= 0.6 is 0 Å². The molecule has 1 aromatic heterocycles. The maximum absolute atomic E-state index is 13.7. The van der Waals surface area contributed by atoms with Crippen molar-refractivity contribution < 1.29 is 22.8 Å². The minimum atomic E-state index is -1.69. The van der Waals surface area contributed by atoms with E-state index in [0.717, 1.165) is 11.6 Å². The Hall–Kier alpha value is -4.20. The number of pyridine rings is 1. The summed E-state index contributed by atoms with van der Waals surface area (Å²) < 4.78 is 40.1. The summed E-state index contributed by atoms with van der Waals surface area (Å²) in [5.74, 6) is -5.92. The summed E-state index contributed by atoms with van der Waals surface area (Å²) in [7, 11) is 0. The van der Waals surface area contributed by atoms with Crippen LogP contribution in [0.25, 0.3) is 22.2 Å². The van der Waals surface area contributed by atoms with Crippen LogP contribution in [0.4, 0.5) is 18.9 Å². The Balaban J connectivity index is 1.55. The second kappa shape index (κ2) is 8.89. The molecule has 2 N–H and O–H groups in total. The van der Waals surface area contributed by atoms with Gasteiger partial charge in [0.2, 0.25) is 5.91 Å². The quantitative estimate of drug-likeness (QED) is 0.447. The van der Waals surface area contributed by atoms with E-state index in [2.05, 4.69) is 15.6 Å². The predicted molar refractivity (Wildman–Crippen MR) is 114 cm³/mol. The van der Waals surface area contributed by atoms with Gasteiger partial charge in [-0.2, -0.15) is 0 Å². The van der Waals surface area contributed by atoms with Crippen LogP contribution in [0.5, 0.6) is 0 Å². The zero-order valence-corrected chi connectivity index (χ0v) is 16.5. The van der Waals surface area contributed by atoms with Crippen LogP contribution in [0.15, 0.2) is 72.8 Å². The number of nitrogens with zero attached hydrogens (tertiary/aromatic N) is 1. The smallest absolute Gasteiger partial charge is 0.252 e. The van der Waals surface area contributed by atoms with Gasteiger partial charge in [0.05, 0.1) is 29.0 Å². The number of carbonyl (C=O) groups is 2. The zero-order chi connectivity index (χ0) is 22.7. The fourth-order valence-corrected chi connectivity index (χ4v) is 3.19. The first-order valence-corrected chi connectivity index (χ1v) is 9.61. The lowest BCUT2D eigenvalue weighted by atomic mass is 10.0. The van der Waals surface area contributed by atoms with Crippen molar-refractivity contribution in [3.05, 3.63) is 95.8 Å². The van der Waals surface area contributed by atoms with Gasteiger partial charge in [0.15, 0.2) is 17.5 Å². The second-order valence-electron chi connectivity index (χ2n) is 6.89. The van der Waals surface area contributed by atoms with Gasteiger partial charge in [-0.15, -0.1) is 0 Å². The molecule has 1 heterocycles. The van der Waals surface area contributed by atoms with Crippen molar-refractivity contribution in [1.82, 2.24) is 10.3 Å². The number of hydrogen-bond donors (Lipinski definition) is 2. The number of nitrogens with one attached hydrogen (secondary N) is 2. The number of halogens is 3. The van der Waals surface area contributed by atoms with Gasteiger partial charge >= 0.3 is 0 Å². The van der Waals surface area contributed by atoms with Crippen molar-refractivity contribution >= 4 is 28.4 Å². The first-order valence-electron chi connectivity index (χ1n) is 9.61. The molecule has 2 amide bonds. The average Bonchev–Trinajstić information content (AvgIpc) is 2.82. The summed E-state index contributed by atoms with van der Waals surface area (Å²) in [6.45, 7) is -0.505. The van der Waals surface area contributed by atoms with Gasteiger partial charge in [0.1, 0.15) is 0 Å². The van der Waals surface area contributed by atoms with E-state index in [9.17, 15) is 22.8 Å². The zero-order valence-electron chi connectivity index (χ0n) is 16.5. The maximum Gasteiger partial charge on any atom is 0.252 e. The molecule has 0 aliphatic carbocycles. The van der Waals surface area contributed by atoms with Gasteiger partial charge in [-0.1, -0.05) is 48.5 Å². The molecule has 0 unspecified atom stereocenters. The minimum Gasteiger partial charge on any atom is -0.343 e. The standard InChI is InChI=1S/C24H16F3N3O2/c25-17-10-11-19(23(27)22(17)26)30-21(31)13-28-24(32)16-12-20(14-6-2-1-3-7-14)29-18-9-5-4-8-15(16)18/h1-12H,13H2,(H,28,32)(H,30,31). The third kappa shape index (κ3) is 4.29. The third-order valence-corrected chi connectivity index (χ3v) is 4.75. The van der Waals surface area contributed by atoms with E-state index in [4.69, 9.17) is 0 Å². The monoisotopic (exact) mass is 435 g/mol. The normalized spacial score (nSPS) is 10.7. The van der Waals surface area contributed by atoms with Crippen molar-refractivity contribution in [2.45, 2.75) is 0 Å². The van der Waals surface area contributed by atoms with E-state index in [1.165, 1.54) is 0 Å². The van der Waals surface area contributed by atoms with E-state index in [1.807, 2.05) is 30.3 Å². The number of para-hydroxylation sites is 1. The highest BCUT2D eigenvalue weighted by molar-refractivity contribution is 6.08. The molecule has 160 valence electrons. The molecule has 0 saturated heterocycles. The van der Waals surface area contributed by atoms with Gasteiger partial charge in [0.25, 0.3) is 5.91 Å². The Morgan fingerprint density at radius 2 is 1.56 bits per heavy atom. The molecular weight excluding hydrogens is 419 g/mol. The van der Waals surface area contributed by atoms with E-state index < -0.39 is 41.5 Å². The highest BCUT2D eigenvalue weighted by atomic mass is 19.2. The van der Waals surface area contributed by atoms with Crippen LogP contribution in [0.1, 0.15) is 10.4 Å². The summed E-state index contributed by atoms with van der Waals surface area (Å²) in [6.07, 6.45) is 0. The number of amides is 2. The molecule has 0 spiro atoms. The predicted octanol–water partition coefficient (Wildman–Crippen LogP) is 4.69. The second-order valence-corrected chi connectivity index (χ2v) is 6.89. The molecule has 0 bridgehead atoms. The number of benzene rings is 3. The Labute approximate surface area is 180 Å². The molecular formula is C24H16F3N3O2. The summed E-state index contributed by atoms with van der Waals surface area (Å²) in [4.78, 5) is 29.6. The lowest BCUT2D eigenvalue weighted by molar-refractivity contribution is -0.115. The number of aromatic nitrogens is 1. The third-order valence-electron chi connectivity index (χ3n) is 4.75. The molecule has 32 heavy (non-hydrogen) atoms. The van der Waals surface area contributed by atoms with Crippen LogP contribution in [0, 0.1) is 17.5 Å². The first kappa shape index (κ1) is 21.0. The molecule has 0 aliphatic rings. The Morgan fingerprint density at radius 1 is 0.844 bits per heavy atom. The first-order chi connectivity index (χ1) is 15.4. The van der Waals surface area contributed by atoms with Crippen LogP contribution in [-0.4, -0.2) is 23.3 Å². The van der Waals surface area contributed by atoms with Gasteiger partial charge < -0.3 is 10.6 Å². The highest BCUT2D eigenvalue weighted by Crippen LogP contribution is 2.25. The molecule has 0 saturated carbocycles. The number of fused-ring (bicyclic) bond motifs is 1. The number of hydrogen-bond acceptors (Lipinski definition) is 3. The molecule has 0 radical (unpaired) electrons. The molecule has 0 aliphatic heterocycles. The van der Waals surface area contributed by atoms with Crippen molar-refractivity contribution in [3.63, 3.8) is 0 Å². The SMILES string of the molecule is O=C(CNC(=O)c1cc(-c2ccccc2)nc2ccccc12)Nc1ccc(F)c(F)c1F. The van der Waals surface area contributed by atoms with Crippen LogP contribution in [0.3, 0.4) is 0 Å². The van der Waals surface area contributed by atoms with Gasteiger partial charge in [-0.3, -0.25) is 9.59 Å². The largest absolute Gasteiger partial charge is 0.343 e. The van der Waals surface area contributed by atoms with Crippen LogP contribution in [-0.2, 0) is 4.79 Å². The average molecular weight is 435 g/mol. The van der Waals surface area contributed by atoms with Gasteiger partial charge in [-0.25, -0.2) is 18.2 Å². The highest BCUT2D eigenvalue weighted by Gasteiger charge is 2.17. The molecule has 5 nitrogen and oxygen atoms in total. The molecule has 4 rings (SSSR count). The lowest BCUT2D eigenvalue weighted by Crippen LogP contribution is -2.33. The van der Waals surface area contributed by atoms with Crippen molar-refractivity contribution in [3.8, 4) is 11.3 Å². The number of rotatable bonds is 5. The van der Waals surface area contributed by atoms with Crippen molar-refractivity contribution in [2.75, 3.05) is 11.9 Å². The molecule has 3 aromatic carbocycles. The molecule has 0 fully saturated rings. The summed E-state index contributed by atoms with van der Waals surface area (Å²) in [5, 5.41) is 5.17. The Bertz CT molecular complexity index is 1330. The Kier molecular flexibility index (Phi) is 5.85. The number of carbonyl (C=O) groups excluding carboxylic acids is 2. The summed E-state index contributed by atoms with van der Waals surface area (Å²) in [5.41, 5.74) is 1.79. The summed E-state index contributed by atoms with van der Waals surface area (Å²) in [6, 6.07) is 19.6. The van der Waals surface area contributed by atoms with Crippen molar-refractivity contribution in [1.29, 1.82) is 0 Å². The topological polar surface area (TPSA) is 71.1 Å².